The third-order valence-electron chi connectivity index (χ3n) is 2.77. The normalized spacial score (nSPS) is 12.0. The molecule has 0 spiro atoms. The molecule has 19 heavy (non-hydrogen) atoms. The molecule has 0 amide bonds. The van der Waals surface area contributed by atoms with Gasteiger partial charge in [0.25, 0.3) is 0 Å². The fraction of sp³-hybridized carbons (Fsp3) is 0.200. The SMILES string of the molecule is COc1ccc(Oc2ccc([C@H](C)N)cc2)c(Br)c1. The van der Waals surface area contributed by atoms with Crippen LogP contribution in [0.4, 0.5) is 0 Å². The van der Waals surface area contributed by atoms with Gasteiger partial charge in [0, 0.05) is 6.04 Å². The van der Waals surface area contributed by atoms with Crippen LogP contribution in [-0.4, -0.2) is 7.11 Å². The predicted molar refractivity (Wildman–Crippen MR) is 79.8 cm³/mol. The van der Waals surface area contributed by atoms with Gasteiger partial charge in [-0.3, -0.25) is 0 Å². The Morgan fingerprint density at radius 3 is 2.21 bits per heavy atom. The van der Waals surface area contributed by atoms with Gasteiger partial charge in [-0.25, -0.2) is 0 Å². The first-order valence-corrected chi connectivity index (χ1v) is 6.76. The van der Waals surface area contributed by atoms with Gasteiger partial charge >= 0.3 is 0 Å². The van der Waals surface area contributed by atoms with Crippen molar-refractivity contribution >= 4 is 15.9 Å². The quantitative estimate of drug-likeness (QED) is 0.914. The van der Waals surface area contributed by atoms with Crippen molar-refractivity contribution in [1.29, 1.82) is 0 Å². The smallest absolute Gasteiger partial charge is 0.141 e. The van der Waals surface area contributed by atoms with Gasteiger partial charge in [-0.2, -0.15) is 0 Å². The standard InChI is InChI=1S/C15H16BrNO2/c1-10(17)11-3-5-12(6-4-11)19-15-8-7-13(18-2)9-14(15)16/h3-10H,17H2,1-2H3/t10-/m0/s1. The van der Waals surface area contributed by atoms with Crippen molar-refractivity contribution in [3.63, 3.8) is 0 Å². The first-order valence-electron chi connectivity index (χ1n) is 5.97. The average Bonchev–Trinajstić information content (AvgIpc) is 2.41. The summed E-state index contributed by atoms with van der Waals surface area (Å²) in [5.41, 5.74) is 6.89. The van der Waals surface area contributed by atoms with Crippen LogP contribution in [0.25, 0.3) is 0 Å². The monoisotopic (exact) mass is 321 g/mol. The zero-order chi connectivity index (χ0) is 13.8. The molecule has 0 saturated carbocycles. The second-order valence-corrected chi connectivity index (χ2v) is 5.11. The van der Waals surface area contributed by atoms with E-state index in [0.717, 1.165) is 27.3 Å². The molecule has 0 aliphatic rings. The molecule has 0 aliphatic carbocycles. The molecule has 2 N–H and O–H groups in total. The van der Waals surface area contributed by atoms with Crippen LogP contribution < -0.4 is 15.2 Å². The van der Waals surface area contributed by atoms with Crippen molar-refractivity contribution in [2.75, 3.05) is 7.11 Å². The number of hydrogen-bond acceptors (Lipinski definition) is 3. The first-order chi connectivity index (χ1) is 9.10. The highest BCUT2D eigenvalue weighted by Gasteiger charge is 2.05. The lowest BCUT2D eigenvalue weighted by Gasteiger charge is -2.10. The van der Waals surface area contributed by atoms with Gasteiger partial charge in [-0.05, 0) is 58.7 Å². The summed E-state index contributed by atoms with van der Waals surface area (Å²) >= 11 is 3.46. The molecule has 2 aromatic rings. The van der Waals surface area contributed by atoms with E-state index in [-0.39, 0.29) is 6.04 Å². The van der Waals surface area contributed by atoms with Crippen LogP contribution in [0.1, 0.15) is 18.5 Å². The molecule has 0 radical (unpaired) electrons. The van der Waals surface area contributed by atoms with E-state index in [1.807, 2.05) is 49.4 Å². The second-order valence-electron chi connectivity index (χ2n) is 4.26. The molecule has 0 aromatic heterocycles. The number of rotatable bonds is 4. The van der Waals surface area contributed by atoms with E-state index in [9.17, 15) is 0 Å². The third-order valence-corrected chi connectivity index (χ3v) is 3.39. The summed E-state index contributed by atoms with van der Waals surface area (Å²) in [7, 11) is 1.63. The summed E-state index contributed by atoms with van der Waals surface area (Å²) < 4.78 is 11.8. The summed E-state index contributed by atoms with van der Waals surface area (Å²) in [5.74, 6) is 2.30. The molecule has 2 rings (SSSR count). The lowest BCUT2D eigenvalue weighted by atomic mass is 10.1. The fourth-order valence-electron chi connectivity index (χ4n) is 1.66. The Hall–Kier alpha value is -1.52. The molecular weight excluding hydrogens is 306 g/mol. The second kappa shape index (κ2) is 6.08. The van der Waals surface area contributed by atoms with Crippen molar-refractivity contribution < 1.29 is 9.47 Å². The molecule has 1 atom stereocenters. The largest absolute Gasteiger partial charge is 0.497 e. The Bertz CT molecular complexity index is 553. The van der Waals surface area contributed by atoms with E-state index in [4.69, 9.17) is 15.2 Å². The van der Waals surface area contributed by atoms with Crippen LogP contribution in [0, 0.1) is 0 Å². The van der Waals surface area contributed by atoms with Crippen LogP contribution in [0.15, 0.2) is 46.9 Å². The van der Waals surface area contributed by atoms with Gasteiger partial charge in [-0.1, -0.05) is 12.1 Å². The number of hydrogen-bond donors (Lipinski definition) is 1. The summed E-state index contributed by atoms with van der Waals surface area (Å²) in [6.45, 7) is 1.95. The molecule has 0 heterocycles. The van der Waals surface area contributed by atoms with Crippen molar-refractivity contribution in [1.82, 2.24) is 0 Å². The average molecular weight is 322 g/mol. The Kier molecular flexibility index (Phi) is 4.45. The Balaban J connectivity index is 2.16. The van der Waals surface area contributed by atoms with Gasteiger partial charge in [-0.15, -0.1) is 0 Å². The molecule has 0 bridgehead atoms. The van der Waals surface area contributed by atoms with E-state index < -0.39 is 0 Å². The summed E-state index contributed by atoms with van der Waals surface area (Å²) in [5, 5.41) is 0. The highest BCUT2D eigenvalue weighted by atomic mass is 79.9. The van der Waals surface area contributed by atoms with E-state index in [2.05, 4.69) is 15.9 Å². The minimum absolute atomic E-state index is 0.0294. The highest BCUT2D eigenvalue weighted by Crippen LogP contribution is 2.32. The van der Waals surface area contributed by atoms with Crippen molar-refractivity contribution in [2.24, 2.45) is 5.73 Å². The van der Waals surface area contributed by atoms with E-state index in [1.165, 1.54) is 0 Å². The van der Waals surface area contributed by atoms with Gasteiger partial charge in [0.2, 0.25) is 0 Å². The molecule has 2 aromatic carbocycles. The molecule has 0 fully saturated rings. The minimum atomic E-state index is 0.0294. The van der Waals surface area contributed by atoms with Crippen LogP contribution >= 0.6 is 15.9 Å². The van der Waals surface area contributed by atoms with Crippen LogP contribution in [0.5, 0.6) is 17.2 Å². The summed E-state index contributed by atoms with van der Waals surface area (Å²) in [6.07, 6.45) is 0. The highest BCUT2D eigenvalue weighted by molar-refractivity contribution is 9.10. The van der Waals surface area contributed by atoms with Gasteiger partial charge < -0.3 is 15.2 Å². The molecule has 4 heteroatoms. The summed E-state index contributed by atoms with van der Waals surface area (Å²) in [4.78, 5) is 0. The van der Waals surface area contributed by atoms with Crippen molar-refractivity contribution in [2.45, 2.75) is 13.0 Å². The van der Waals surface area contributed by atoms with Crippen LogP contribution in [0.3, 0.4) is 0 Å². The number of methoxy groups -OCH3 is 1. The number of benzene rings is 2. The number of ether oxygens (including phenoxy) is 2. The first kappa shape index (κ1) is 13.9. The molecule has 0 aliphatic heterocycles. The van der Waals surface area contributed by atoms with Gasteiger partial charge in [0.15, 0.2) is 0 Å². The van der Waals surface area contributed by atoms with Gasteiger partial charge in [0.05, 0.1) is 11.6 Å². The maximum Gasteiger partial charge on any atom is 0.141 e. The predicted octanol–water partition coefficient (Wildman–Crippen LogP) is 4.27. The number of halogens is 1. The number of nitrogens with two attached hydrogens (primary N) is 1. The Labute approximate surface area is 121 Å². The van der Waals surface area contributed by atoms with Gasteiger partial charge in [0.1, 0.15) is 17.2 Å². The lowest BCUT2D eigenvalue weighted by Crippen LogP contribution is -2.04. The fourth-order valence-corrected chi connectivity index (χ4v) is 2.10. The van der Waals surface area contributed by atoms with E-state index in [1.54, 1.807) is 7.11 Å². The van der Waals surface area contributed by atoms with Crippen molar-refractivity contribution in [3.05, 3.63) is 52.5 Å². The topological polar surface area (TPSA) is 44.5 Å². The lowest BCUT2D eigenvalue weighted by molar-refractivity contribution is 0.412. The molecule has 0 unspecified atom stereocenters. The van der Waals surface area contributed by atoms with Crippen LogP contribution in [-0.2, 0) is 0 Å². The summed E-state index contributed by atoms with van der Waals surface area (Å²) in [6, 6.07) is 13.4. The Morgan fingerprint density at radius 2 is 1.68 bits per heavy atom. The van der Waals surface area contributed by atoms with Crippen LogP contribution in [0.2, 0.25) is 0 Å². The van der Waals surface area contributed by atoms with E-state index >= 15 is 0 Å². The minimum Gasteiger partial charge on any atom is -0.497 e. The third kappa shape index (κ3) is 3.49. The zero-order valence-electron chi connectivity index (χ0n) is 10.9. The maximum atomic E-state index is 5.81. The maximum absolute atomic E-state index is 5.81. The van der Waals surface area contributed by atoms with E-state index in [0.29, 0.717) is 0 Å². The molecule has 100 valence electrons. The zero-order valence-corrected chi connectivity index (χ0v) is 12.5. The Morgan fingerprint density at radius 1 is 1.05 bits per heavy atom. The molecular formula is C15H16BrNO2. The van der Waals surface area contributed by atoms with Crippen molar-refractivity contribution in [3.8, 4) is 17.2 Å². The molecule has 3 nitrogen and oxygen atoms in total. The molecule has 0 saturated heterocycles.